The minimum atomic E-state index is -3.73. The number of nitrogens with two attached hydrogens (primary N) is 1. The van der Waals surface area contributed by atoms with Gasteiger partial charge in [0.15, 0.2) is 0 Å². The lowest BCUT2D eigenvalue weighted by Crippen LogP contribution is -2.12. The van der Waals surface area contributed by atoms with E-state index in [2.05, 4.69) is 9.71 Å². The normalized spacial score (nSPS) is 11.4. The van der Waals surface area contributed by atoms with Crippen LogP contribution in [0.2, 0.25) is 0 Å². The fourth-order valence-electron chi connectivity index (χ4n) is 1.35. The predicted octanol–water partition coefficient (Wildman–Crippen LogP) is 1.24. The van der Waals surface area contributed by atoms with Crippen LogP contribution in [0.25, 0.3) is 0 Å². The molecule has 0 amide bonds. The number of aromatic nitrogens is 1. The van der Waals surface area contributed by atoms with E-state index in [9.17, 15) is 8.42 Å². The number of nitrogens with one attached hydrogen (secondary N) is 1. The average Bonchev–Trinajstić information content (AvgIpc) is 2.81. The summed E-state index contributed by atoms with van der Waals surface area (Å²) in [5.41, 5.74) is 6.54. The van der Waals surface area contributed by atoms with Crippen molar-refractivity contribution in [3.63, 3.8) is 0 Å². The predicted molar refractivity (Wildman–Crippen MR) is 66.4 cm³/mol. The number of hydrogen-bond acceptors (Lipinski definition) is 5. The number of anilines is 1. The molecule has 2 aromatic rings. The Balaban J connectivity index is 2.24. The van der Waals surface area contributed by atoms with Crippen LogP contribution in [0.15, 0.2) is 40.0 Å². The summed E-state index contributed by atoms with van der Waals surface area (Å²) in [6.45, 7) is 1.97. The van der Waals surface area contributed by atoms with Crippen LogP contribution in [0.1, 0.15) is 11.5 Å². The summed E-state index contributed by atoms with van der Waals surface area (Å²) in [4.78, 5) is 4.00. The van der Waals surface area contributed by atoms with Crippen molar-refractivity contribution in [1.82, 2.24) is 4.98 Å². The van der Waals surface area contributed by atoms with Crippen LogP contribution >= 0.6 is 0 Å². The van der Waals surface area contributed by atoms with Gasteiger partial charge in [0.05, 0.1) is 18.4 Å². The Hall–Kier alpha value is -1.86. The second-order valence-corrected chi connectivity index (χ2v) is 5.33. The van der Waals surface area contributed by atoms with Gasteiger partial charge in [0.1, 0.15) is 5.76 Å². The minimum absolute atomic E-state index is 0.154. The van der Waals surface area contributed by atoms with Crippen molar-refractivity contribution in [3.8, 4) is 0 Å². The minimum Gasteiger partial charge on any atom is -0.446 e. The molecule has 7 heteroatoms. The molecule has 96 valence electrons. The molecular formula is C11H13N3O3S. The third-order valence-corrected chi connectivity index (χ3v) is 3.52. The highest BCUT2D eigenvalue weighted by Gasteiger charge is 2.18. The van der Waals surface area contributed by atoms with Gasteiger partial charge >= 0.3 is 0 Å². The van der Waals surface area contributed by atoms with Crippen molar-refractivity contribution >= 4 is 15.7 Å². The van der Waals surface area contributed by atoms with Gasteiger partial charge in [-0.05, 0) is 31.2 Å². The zero-order chi connectivity index (χ0) is 13.2. The van der Waals surface area contributed by atoms with Gasteiger partial charge in [0, 0.05) is 5.69 Å². The van der Waals surface area contributed by atoms with Crippen LogP contribution in [0.3, 0.4) is 0 Å². The number of sulfonamides is 1. The van der Waals surface area contributed by atoms with Crippen LogP contribution in [0.5, 0.6) is 0 Å². The van der Waals surface area contributed by atoms with Gasteiger partial charge < -0.3 is 10.2 Å². The van der Waals surface area contributed by atoms with Crippen molar-refractivity contribution in [2.45, 2.75) is 18.6 Å². The van der Waals surface area contributed by atoms with E-state index in [4.69, 9.17) is 10.2 Å². The molecule has 0 saturated carbocycles. The summed E-state index contributed by atoms with van der Waals surface area (Å²) in [5, 5.41) is -0.163. The molecule has 18 heavy (non-hydrogen) atoms. The second kappa shape index (κ2) is 4.79. The molecule has 0 fully saturated rings. The maximum absolute atomic E-state index is 11.9. The molecule has 2 rings (SSSR count). The van der Waals surface area contributed by atoms with E-state index >= 15 is 0 Å². The number of pyridine rings is 1. The molecule has 0 atom stereocenters. The second-order valence-electron chi connectivity index (χ2n) is 3.72. The molecule has 6 nitrogen and oxygen atoms in total. The lowest BCUT2D eigenvalue weighted by Gasteiger charge is -2.05. The lowest BCUT2D eigenvalue weighted by atomic mass is 10.4. The number of rotatable bonds is 4. The molecule has 0 aliphatic carbocycles. The molecule has 0 radical (unpaired) electrons. The number of nitrogens with zero attached hydrogens (tertiary/aromatic N) is 1. The van der Waals surface area contributed by atoms with Crippen molar-refractivity contribution in [2.75, 3.05) is 4.72 Å². The molecule has 3 N–H and O–H groups in total. The maximum atomic E-state index is 11.9. The topological polar surface area (TPSA) is 98.2 Å². The summed E-state index contributed by atoms with van der Waals surface area (Å²) < 4.78 is 31.4. The summed E-state index contributed by atoms with van der Waals surface area (Å²) in [6.07, 6.45) is 1.44. The van der Waals surface area contributed by atoms with E-state index in [0.717, 1.165) is 5.69 Å². The fraction of sp³-hybridized carbons (Fsp3) is 0.182. The summed E-state index contributed by atoms with van der Waals surface area (Å²) in [6, 6.07) is 6.24. The van der Waals surface area contributed by atoms with E-state index in [1.165, 1.54) is 18.3 Å². The molecule has 0 spiro atoms. The average molecular weight is 267 g/mol. The molecule has 0 unspecified atom stereocenters. The van der Waals surface area contributed by atoms with Crippen LogP contribution in [-0.2, 0) is 16.6 Å². The van der Waals surface area contributed by atoms with Crippen molar-refractivity contribution in [2.24, 2.45) is 5.73 Å². The van der Waals surface area contributed by atoms with Crippen molar-refractivity contribution in [3.05, 3.63) is 41.9 Å². The zero-order valence-corrected chi connectivity index (χ0v) is 10.6. The Bertz CT molecular complexity index is 632. The highest BCUT2D eigenvalue weighted by atomic mass is 32.2. The lowest BCUT2D eigenvalue weighted by molar-refractivity contribution is 0.417. The first-order valence-corrected chi connectivity index (χ1v) is 6.74. The Labute approximate surface area is 105 Å². The van der Waals surface area contributed by atoms with Crippen LogP contribution < -0.4 is 10.5 Å². The maximum Gasteiger partial charge on any atom is 0.295 e. The third-order valence-electron chi connectivity index (χ3n) is 2.27. The van der Waals surface area contributed by atoms with E-state index < -0.39 is 10.0 Å². The first kappa shape index (κ1) is 12.6. The van der Waals surface area contributed by atoms with Gasteiger partial charge in [0.2, 0.25) is 5.09 Å². The van der Waals surface area contributed by atoms with E-state index in [0.29, 0.717) is 11.4 Å². The highest BCUT2D eigenvalue weighted by Crippen LogP contribution is 2.17. The molecule has 2 aromatic heterocycles. The number of hydrogen-bond donors (Lipinski definition) is 2. The zero-order valence-electron chi connectivity index (χ0n) is 9.75. The smallest absolute Gasteiger partial charge is 0.295 e. The Morgan fingerprint density at radius 3 is 2.67 bits per heavy atom. The largest absolute Gasteiger partial charge is 0.446 e. The number of aryl methyl sites for hydroxylation is 1. The SMILES string of the molecule is Cc1ccc(NS(=O)(=O)c2ccc(CN)o2)cn1. The molecule has 0 aromatic carbocycles. The van der Waals surface area contributed by atoms with Crippen molar-refractivity contribution in [1.29, 1.82) is 0 Å². The van der Waals surface area contributed by atoms with Crippen LogP contribution in [0.4, 0.5) is 5.69 Å². The first-order chi connectivity index (χ1) is 8.51. The summed E-state index contributed by atoms with van der Waals surface area (Å²) in [5.74, 6) is 0.414. The Morgan fingerprint density at radius 1 is 1.33 bits per heavy atom. The molecule has 0 saturated heterocycles. The molecule has 0 aliphatic heterocycles. The van der Waals surface area contributed by atoms with E-state index in [-0.39, 0.29) is 11.6 Å². The van der Waals surface area contributed by atoms with Crippen LogP contribution in [0, 0.1) is 6.92 Å². The Morgan fingerprint density at radius 2 is 2.11 bits per heavy atom. The molecule has 0 aliphatic rings. The van der Waals surface area contributed by atoms with Gasteiger partial charge in [-0.25, -0.2) is 0 Å². The van der Waals surface area contributed by atoms with Gasteiger partial charge in [-0.2, -0.15) is 8.42 Å². The van der Waals surface area contributed by atoms with E-state index in [1.807, 2.05) is 6.92 Å². The summed E-state index contributed by atoms with van der Waals surface area (Å²) in [7, 11) is -3.73. The molecule has 0 bridgehead atoms. The van der Waals surface area contributed by atoms with Crippen molar-refractivity contribution < 1.29 is 12.8 Å². The first-order valence-electron chi connectivity index (χ1n) is 5.25. The number of furan rings is 1. The standard InChI is InChI=1S/C11H13N3O3S/c1-8-2-3-9(7-13-8)14-18(15,16)11-5-4-10(6-12)17-11/h2-5,7,14H,6,12H2,1H3. The van der Waals surface area contributed by atoms with Gasteiger partial charge in [0.25, 0.3) is 10.0 Å². The Kier molecular flexibility index (Phi) is 3.35. The van der Waals surface area contributed by atoms with E-state index in [1.54, 1.807) is 12.1 Å². The quantitative estimate of drug-likeness (QED) is 0.868. The third kappa shape index (κ3) is 2.69. The van der Waals surface area contributed by atoms with Gasteiger partial charge in [-0.1, -0.05) is 0 Å². The fourth-order valence-corrected chi connectivity index (χ4v) is 2.34. The van der Waals surface area contributed by atoms with Crippen LogP contribution in [-0.4, -0.2) is 13.4 Å². The monoisotopic (exact) mass is 267 g/mol. The summed E-state index contributed by atoms with van der Waals surface area (Å²) >= 11 is 0. The molecular weight excluding hydrogens is 254 g/mol. The van der Waals surface area contributed by atoms with Gasteiger partial charge in [-0.15, -0.1) is 0 Å². The highest BCUT2D eigenvalue weighted by molar-refractivity contribution is 7.92. The molecule has 2 heterocycles. The van der Waals surface area contributed by atoms with Gasteiger partial charge in [-0.3, -0.25) is 9.71 Å².